The minimum atomic E-state index is 0.0978. The van der Waals surface area contributed by atoms with Gasteiger partial charge in [-0.05, 0) is 25.7 Å². The monoisotopic (exact) mass is 180 g/mol. The maximum absolute atomic E-state index is 10.9. The summed E-state index contributed by atoms with van der Waals surface area (Å²) >= 11 is 0. The number of allylic oxidation sites excluding steroid dienone is 1. The molecule has 72 valence electrons. The number of carbonyl (C=O) groups is 1. The van der Waals surface area contributed by atoms with Gasteiger partial charge in [-0.15, -0.1) is 0 Å². The molecule has 0 amide bonds. The first-order valence-electron chi connectivity index (χ1n) is 5.17. The molecule has 1 aliphatic heterocycles. The lowest BCUT2D eigenvalue weighted by Gasteiger charge is -2.14. The van der Waals surface area contributed by atoms with Crippen molar-refractivity contribution < 1.29 is 9.53 Å². The van der Waals surface area contributed by atoms with Gasteiger partial charge in [0.2, 0.25) is 0 Å². The summed E-state index contributed by atoms with van der Waals surface area (Å²) in [5.41, 5.74) is 1.51. The molecule has 0 aromatic rings. The lowest BCUT2D eigenvalue weighted by atomic mass is 9.93. The van der Waals surface area contributed by atoms with E-state index in [1.165, 1.54) is 37.7 Å². The second kappa shape index (κ2) is 4.05. The third-order valence-electron chi connectivity index (χ3n) is 2.80. The first kappa shape index (κ1) is 8.95. The average molecular weight is 180 g/mol. The zero-order chi connectivity index (χ0) is 9.10. The minimum Gasteiger partial charge on any atom is -0.366 e. The molecule has 0 radical (unpaired) electrons. The van der Waals surface area contributed by atoms with Crippen molar-refractivity contribution in [1.29, 1.82) is 0 Å². The van der Waals surface area contributed by atoms with Crippen LogP contribution < -0.4 is 0 Å². The Balaban J connectivity index is 1.90. The highest BCUT2D eigenvalue weighted by molar-refractivity contribution is 5.82. The van der Waals surface area contributed by atoms with Gasteiger partial charge in [-0.2, -0.15) is 0 Å². The number of ketones is 1. The lowest BCUT2D eigenvalue weighted by Crippen LogP contribution is -2.04. The molecule has 0 aromatic carbocycles. The van der Waals surface area contributed by atoms with E-state index in [4.69, 9.17) is 4.74 Å². The number of ether oxygens (including phenoxy) is 1. The Morgan fingerprint density at radius 2 is 2.00 bits per heavy atom. The van der Waals surface area contributed by atoms with E-state index in [0.29, 0.717) is 13.0 Å². The van der Waals surface area contributed by atoms with Gasteiger partial charge in [0.05, 0.1) is 6.10 Å². The summed E-state index contributed by atoms with van der Waals surface area (Å²) in [6.45, 7) is 0.328. The summed E-state index contributed by atoms with van der Waals surface area (Å²) in [5, 5.41) is 0. The molecule has 2 nitrogen and oxygen atoms in total. The highest BCUT2D eigenvalue weighted by atomic mass is 16.5. The van der Waals surface area contributed by atoms with Gasteiger partial charge in [0, 0.05) is 6.42 Å². The van der Waals surface area contributed by atoms with E-state index in [1.54, 1.807) is 0 Å². The molecule has 2 rings (SSSR count). The summed E-state index contributed by atoms with van der Waals surface area (Å²) in [4.78, 5) is 10.9. The smallest absolute Gasteiger partial charge is 0.161 e. The number of hydrogen-bond donors (Lipinski definition) is 0. The Bertz CT molecular complexity index is 222. The van der Waals surface area contributed by atoms with E-state index in [0.717, 1.165) is 0 Å². The molecule has 1 saturated heterocycles. The van der Waals surface area contributed by atoms with Crippen molar-refractivity contribution in [2.75, 3.05) is 6.61 Å². The predicted molar refractivity (Wildman–Crippen MR) is 50.5 cm³/mol. The largest absolute Gasteiger partial charge is 0.366 e. The number of hydrogen-bond acceptors (Lipinski definition) is 2. The first-order chi connectivity index (χ1) is 6.34. The first-order valence-corrected chi connectivity index (χ1v) is 5.17. The van der Waals surface area contributed by atoms with Crippen molar-refractivity contribution in [2.45, 2.75) is 44.6 Å². The predicted octanol–water partition coefficient (Wildman–Crippen LogP) is 2.23. The van der Waals surface area contributed by atoms with Crippen LogP contribution in [0.4, 0.5) is 0 Å². The van der Waals surface area contributed by atoms with Crippen molar-refractivity contribution in [3.63, 3.8) is 0 Å². The average Bonchev–Trinajstić information content (AvgIpc) is 2.53. The fraction of sp³-hybridized carbons (Fsp3) is 0.727. The molecule has 0 aromatic heterocycles. The fourth-order valence-corrected chi connectivity index (χ4v) is 2.08. The molecular formula is C11H16O2. The highest BCUT2D eigenvalue weighted by Crippen LogP contribution is 2.24. The Kier molecular flexibility index (Phi) is 2.79. The maximum atomic E-state index is 10.9. The van der Waals surface area contributed by atoms with Crippen LogP contribution in [-0.4, -0.2) is 18.5 Å². The minimum absolute atomic E-state index is 0.0978. The van der Waals surface area contributed by atoms with Gasteiger partial charge in [0.15, 0.2) is 5.78 Å². The van der Waals surface area contributed by atoms with Gasteiger partial charge in [0.25, 0.3) is 0 Å². The second-order valence-corrected chi connectivity index (χ2v) is 3.98. The quantitative estimate of drug-likeness (QED) is 0.578. The Morgan fingerprint density at radius 3 is 2.62 bits per heavy atom. The van der Waals surface area contributed by atoms with E-state index in [1.807, 2.05) is 0 Å². The molecule has 1 atom stereocenters. The summed E-state index contributed by atoms with van der Waals surface area (Å²) in [6.07, 6.45) is 9.30. The van der Waals surface area contributed by atoms with Gasteiger partial charge in [-0.25, -0.2) is 0 Å². The maximum Gasteiger partial charge on any atom is 0.161 e. The SMILES string of the molecule is O=C1COC(C=C2CCCCC2)C1. The molecule has 1 unspecified atom stereocenters. The van der Waals surface area contributed by atoms with E-state index in [9.17, 15) is 4.79 Å². The van der Waals surface area contributed by atoms with E-state index in [-0.39, 0.29) is 11.9 Å². The molecule has 2 aliphatic rings. The van der Waals surface area contributed by atoms with Gasteiger partial charge in [-0.3, -0.25) is 4.79 Å². The van der Waals surface area contributed by atoms with E-state index >= 15 is 0 Å². The molecule has 1 saturated carbocycles. The van der Waals surface area contributed by atoms with Crippen LogP contribution in [0.1, 0.15) is 38.5 Å². The van der Waals surface area contributed by atoms with E-state index in [2.05, 4.69) is 6.08 Å². The molecule has 2 heteroatoms. The van der Waals surface area contributed by atoms with E-state index < -0.39 is 0 Å². The fourth-order valence-electron chi connectivity index (χ4n) is 2.08. The van der Waals surface area contributed by atoms with Gasteiger partial charge in [0.1, 0.15) is 6.61 Å². The molecule has 1 heterocycles. The van der Waals surface area contributed by atoms with Crippen LogP contribution in [0.2, 0.25) is 0 Å². The standard InChI is InChI=1S/C11H16O2/c12-10-7-11(13-8-10)6-9-4-2-1-3-5-9/h6,11H,1-5,7-8H2. The summed E-state index contributed by atoms with van der Waals surface area (Å²) in [5.74, 6) is 0.248. The van der Waals surface area contributed by atoms with Crippen molar-refractivity contribution in [2.24, 2.45) is 0 Å². The summed E-state index contributed by atoms with van der Waals surface area (Å²) in [7, 11) is 0. The van der Waals surface area contributed by atoms with Crippen LogP contribution >= 0.6 is 0 Å². The van der Waals surface area contributed by atoms with Crippen LogP contribution in [0.5, 0.6) is 0 Å². The zero-order valence-electron chi connectivity index (χ0n) is 7.92. The number of rotatable bonds is 1. The van der Waals surface area contributed by atoms with Gasteiger partial charge >= 0.3 is 0 Å². The van der Waals surface area contributed by atoms with Crippen LogP contribution in [0.15, 0.2) is 11.6 Å². The zero-order valence-corrected chi connectivity index (χ0v) is 7.92. The topological polar surface area (TPSA) is 26.3 Å². The molecule has 2 fully saturated rings. The third kappa shape index (κ3) is 2.41. The number of Topliss-reactive ketones (excluding diaryl/α,β-unsaturated/α-hetero) is 1. The van der Waals surface area contributed by atoms with Crippen LogP contribution in [0, 0.1) is 0 Å². The number of carbonyl (C=O) groups excluding carboxylic acids is 1. The Morgan fingerprint density at radius 1 is 1.23 bits per heavy atom. The molecule has 0 N–H and O–H groups in total. The molecule has 0 spiro atoms. The van der Waals surface area contributed by atoms with Crippen LogP contribution in [-0.2, 0) is 9.53 Å². The van der Waals surface area contributed by atoms with Crippen LogP contribution in [0.25, 0.3) is 0 Å². The van der Waals surface area contributed by atoms with Crippen molar-refractivity contribution in [3.8, 4) is 0 Å². The Labute approximate surface area is 79.0 Å². The van der Waals surface area contributed by atoms with Crippen molar-refractivity contribution in [3.05, 3.63) is 11.6 Å². The molecular weight excluding hydrogens is 164 g/mol. The van der Waals surface area contributed by atoms with Crippen molar-refractivity contribution >= 4 is 5.78 Å². The summed E-state index contributed by atoms with van der Waals surface area (Å²) < 4.78 is 5.34. The van der Waals surface area contributed by atoms with Gasteiger partial charge in [-0.1, -0.05) is 18.1 Å². The third-order valence-corrected chi connectivity index (χ3v) is 2.80. The Hall–Kier alpha value is -0.630. The molecule has 1 aliphatic carbocycles. The molecule has 0 bridgehead atoms. The normalized spacial score (nSPS) is 29.4. The highest BCUT2D eigenvalue weighted by Gasteiger charge is 2.21. The van der Waals surface area contributed by atoms with Gasteiger partial charge < -0.3 is 4.74 Å². The molecule has 13 heavy (non-hydrogen) atoms. The second-order valence-electron chi connectivity index (χ2n) is 3.98. The lowest BCUT2D eigenvalue weighted by molar-refractivity contribution is -0.117. The summed E-state index contributed by atoms with van der Waals surface area (Å²) in [6, 6.07) is 0. The van der Waals surface area contributed by atoms with Crippen LogP contribution in [0.3, 0.4) is 0 Å². The van der Waals surface area contributed by atoms with Crippen molar-refractivity contribution in [1.82, 2.24) is 0 Å².